The molecule has 67 heavy (non-hydrogen) atoms. The molecule has 0 saturated carbocycles. The van der Waals surface area contributed by atoms with Gasteiger partial charge in [-0.2, -0.15) is 15.5 Å². The molecule has 17 heteroatoms. The maximum atomic E-state index is 13.4. The van der Waals surface area contributed by atoms with Crippen molar-refractivity contribution in [2.45, 2.75) is 58.0 Å². The van der Waals surface area contributed by atoms with Gasteiger partial charge in [-0.15, -0.1) is 0 Å². The third-order valence-corrected chi connectivity index (χ3v) is 12.9. The number of imide groups is 1. The Bertz CT molecular complexity index is 2980. The summed E-state index contributed by atoms with van der Waals surface area (Å²) in [6.45, 7) is 8.26. The van der Waals surface area contributed by atoms with E-state index in [1.807, 2.05) is 60.4 Å². The number of carbonyl (C=O) groups excluding carboxylic acids is 3. The van der Waals surface area contributed by atoms with Gasteiger partial charge in [0.25, 0.3) is 17.0 Å². The largest absolute Gasteiger partial charge is 0.490 e. The molecule has 0 radical (unpaired) electrons. The number of hydrogen-bond acceptors (Lipinski definition) is 13. The van der Waals surface area contributed by atoms with Crippen LogP contribution < -0.4 is 26.1 Å². The van der Waals surface area contributed by atoms with Gasteiger partial charge >= 0.3 is 0 Å². The highest BCUT2D eigenvalue weighted by atomic mass is 16.5. The Morgan fingerprint density at radius 3 is 2.39 bits per heavy atom. The van der Waals surface area contributed by atoms with E-state index in [0.717, 1.165) is 79.8 Å². The second kappa shape index (κ2) is 19.9. The van der Waals surface area contributed by atoms with Crippen molar-refractivity contribution < 1.29 is 19.1 Å². The Hall–Kier alpha value is -7.58. The topological polar surface area (TPSA) is 202 Å². The molecule has 1 N–H and O–H groups in total. The van der Waals surface area contributed by atoms with Crippen LogP contribution in [-0.4, -0.2) is 109 Å². The standard InChI is InChI=1S/C50H51N11O6/c1-33-42-27-39(10-11-41(42)50(66)61(55-33)44-13-14-45(62)54-49(44)65)58-23-21-57(22-24-58)18-4-9-46(63)59-19-16-34(17-20-59)32-67-40-29-52-48(53-30-40)38-8-3-6-36(26-38)31-60-47(64)15-12-43(56-60)37-7-2-5-35(25-37)28-51/h2-3,5-8,10-12,15,25-27,29-30,34,44H,4,9,13-14,16-24,31-32H2,1H3,(H,54,62,65). The fourth-order valence-corrected chi connectivity index (χ4v) is 9.12. The Morgan fingerprint density at radius 2 is 1.61 bits per heavy atom. The summed E-state index contributed by atoms with van der Waals surface area (Å²) in [5.41, 5.74) is 4.63. The molecule has 1 atom stereocenters. The number of nitrogens with one attached hydrogen (secondary N) is 1. The number of nitriles is 1. The highest BCUT2D eigenvalue weighted by Crippen LogP contribution is 2.26. The molecule has 17 nitrogen and oxygen atoms in total. The number of ether oxygens (including phenoxy) is 1. The number of aryl methyl sites for hydroxylation is 1. The summed E-state index contributed by atoms with van der Waals surface area (Å²) in [4.78, 5) is 79.2. The molecule has 342 valence electrons. The van der Waals surface area contributed by atoms with Gasteiger partial charge in [0.1, 0.15) is 6.04 Å². The number of aromatic nitrogens is 6. The van der Waals surface area contributed by atoms with Crippen molar-refractivity contribution in [2.75, 3.05) is 57.3 Å². The fourth-order valence-electron chi connectivity index (χ4n) is 9.12. The first-order chi connectivity index (χ1) is 32.6. The number of carbonyl (C=O) groups is 3. The molecule has 3 amide bonds. The van der Waals surface area contributed by atoms with E-state index in [9.17, 15) is 29.2 Å². The zero-order chi connectivity index (χ0) is 46.4. The summed E-state index contributed by atoms with van der Waals surface area (Å²) in [7, 11) is 0. The van der Waals surface area contributed by atoms with Crippen molar-refractivity contribution in [1.29, 1.82) is 5.26 Å². The Kier molecular flexibility index (Phi) is 13.2. The molecular weight excluding hydrogens is 851 g/mol. The number of amides is 3. The van der Waals surface area contributed by atoms with E-state index < -0.39 is 11.9 Å². The number of fused-ring (bicyclic) bond motifs is 1. The Balaban J connectivity index is 0.690. The minimum absolute atomic E-state index is 0.170. The SMILES string of the molecule is Cc1nn(C2CCC(=O)NC2=O)c(=O)c2ccc(N3CCN(CCCC(=O)N4CCC(COc5cnc(-c6cccc(Cn7nc(-c8cccc(C#N)c8)ccc7=O)c6)nc5)CC4)CC3)cc12. The van der Waals surface area contributed by atoms with Crippen LogP contribution in [0.3, 0.4) is 0 Å². The van der Waals surface area contributed by atoms with Crippen LogP contribution in [0.15, 0.2) is 101 Å². The van der Waals surface area contributed by atoms with Crippen LogP contribution in [0.4, 0.5) is 5.69 Å². The predicted molar refractivity (Wildman–Crippen MR) is 250 cm³/mol. The van der Waals surface area contributed by atoms with Crippen molar-refractivity contribution in [3.05, 3.63) is 129 Å². The summed E-state index contributed by atoms with van der Waals surface area (Å²) in [6.07, 6.45) is 6.82. The predicted octanol–water partition coefficient (Wildman–Crippen LogP) is 4.50. The first-order valence-corrected chi connectivity index (χ1v) is 22.8. The molecule has 6 aromatic rings. The molecule has 1 unspecified atom stereocenters. The van der Waals surface area contributed by atoms with Crippen LogP contribution in [0.25, 0.3) is 33.4 Å². The molecule has 3 saturated heterocycles. The smallest absolute Gasteiger partial charge is 0.275 e. The van der Waals surface area contributed by atoms with E-state index in [1.165, 1.54) is 15.4 Å². The molecule has 0 aliphatic carbocycles. The molecular formula is C50H51N11O6. The third kappa shape index (κ3) is 10.3. The van der Waals surface area contributed by atoms with E-state index >= 15 is 0 Å². The average Bonchev–Trinajstić information content (AvgIpc) is 3.35. The highest BCUT2D eigenvalue weighted by molar-refractivity contribution is 5.99. The molecule has 3 fully saturated rings. The van der Waals surface area contributed by atoms with E-state index in [2.05, 4.69) is 41.4 Å². The number of piperazine rings is 1. The maximum absolute atomic E-state index is 13.4. The maximum Gasteiger partial charge on any atom is 0.275 e. The fraction of sp³-hybridized carbons (Fsp3) is 0.360. The van der Waals surface area contributed by atoms with Crippen molar-refractivity contribution in [3.63, 3.8) is 0 Å². The van der Waals surface area contributed by atoms with Gasteiger partial charge in [0.15, 0.2) is 11.6 Å². The van der Waals surface area contributed by atoms with Gasteiger partial charge in [0.2, 0.25) is 11.8 Å². The molecule has 3 aliphatic heterocycles. The van der Waals surface area contributed by atoms with Gasteiger partial charge in [-0.05, 0) is 93.1 Å². The van der Waals surface area contributed by atoms with E-state index in [0.29, 0.717) is 65.9 Å². The average molecular weight is 902 g/mol. The summed E-state index contributed by atoms with van der Waals surface area (Å²) >= 11 is 0. The molecule has 0 spiro atoms. The summed E-state index contributed by atoms with van der Waals surface area (Å²) in [5, 5.41) is 21.9. The first kappa shape index (κ1) is 44.6. The van der Waals surface area contributed by atoms with Crippen molar-refractivity contribution >= 4 is 34.2 Å². The second-order valence-electron chi connectivity index (χ2n) is 17.4. The second-order valence-corrected chi connectivity index (χ2v) is 17.4. The van der Waals surface area contributed by atoms with Gasteiger partial charge < -0.3 is 14.5 Å². The van der Waals surface area contributed by atoms with Crippen LogP contribution >= 0.6 is 0 Å². The lowest BCUT2D eigenvalue weighted by Gasteiger charge is -2.36. The number of nitrogens with zero attached hydrogens (tertiary/aromatic N) is 10. The summed E-state index contributed by atoms with van der Waals surface area (Å²) in [6, 6.07) is 25.0. The number of piperidine rings is 2. The molecule has 3 aromatic carbocycles. The van der Waals surface area contributed by atoms with E-state index in [-0.39, 0.29) is 42.3 Å². The highest BCUT2D eigenvalue weighted by Gasteiger charge is 2.31. The summed E-state index contributed by atoms with van der Waals surface area (Å²) < 4.78 is 8.72. The van der Waals surface area contributed by atoms with Crippen LogP contribution in [-0.2, 0) is 20.9 Å². The van der Waals surface area contributed by atoms with Gasteiger partial charge in [-0.3, -0.25) is 34.2 Å². The monoisotopic (exact) mass is 901 g/mol. The third-order valence-electron chi connectivity index (χ3n) is 12.9. The molecule has 6 heterocycles. The number of benzene rings is 3. The number of anilines is 1. The Labute approximate surface area is 386 Å². The molecule has 3 aromatic heterocycles. The van der Waals surface area contributed by atoms with E-state index in [4.69, 9.17) is 4.74 Å². The Morgan fingerprint density at radius 1 is 0.836 bits per heavy atom. The first-order valence-electron chi connectivity index (χ1n) is 22.8. The summed E-state index contributed by atoms with van der Waals surface area (Å²) in [5.74, 6) is 0.795. The van der Waals surface area contributed by atoms with Crippen molar-refractivity contribution in [2.24, 2.45) is 5.92 Å². The zero-order valence-corrected chi connectivity index (χ0v) is 37.3. The van der Waals surface area contributed by atoms with Gasteiger partial charge in [0.05, 0.1) is 54.0 Å². The normalized spacial score (nSPS) is 17.0. The van der Waals surface area contributed by atoms with Crippen molar-refractivity contribution in [1.82, 2.24) is 44.6 Å². The molecule has 0 bridgehead atoms. The molecule has 3 aliphatic rings. The van der Waals surface area contributed by atoms with Gasteiger partial charge in [0, 0.05) is 80.4 Å². The lowest BCUT2D eigenvalue weighted by molar-refractivity contribution is -0.136. The van der Waals surface area contributed by atoms with Crippen LogP contribution in [0.1, 0.15) is 61.4 Å². The minimum Gasteiger partial charge on any atom is -0.490 e. The van der Waals surface area contributed by atoms with Crippen molar-refractivity contribution in [3.8, 4) is 34.5 Å². The number of rotatable bonds is 13. The number of hydrogen-bond donors (Lipinski definition) is 1. The molecule has 9 rings (SSSR count). The quantitative estimate of drug-likeness (QED) is 0.159. The van der Waals surface area contributed by atoms with Crippen LogP contribution in [0.5, 0.6) is 5.75 Å². The van der Waals surface area contributed by atoms with Crippen LogP contribution in [0, 0.1) is 24.2 Å². The number of likely N-dealkylation sites (tertiary alicyclic amines) is 1. The van der Waals surface area contributed by atoms with Gasteiger partial charge in [-0.25, -0.2) is 19.3 Å². The zero-order valence-electron chi connectivity index (χ0n) is 37.3. The van der Waals surface area contributed by atoms with Crippen LogP contribution in [0.2, 0.25) is 0 Å². The lowest BCUT2D eigenvalue weighted by atomic mass is 9.97. The van der Waals surface area contributed by atoms with E-state index in [1.54, 1.807) is 36.7 Å². The minimum atomic E-state index is -0.803. The van der Waals surface area contributed by atoms with Gasteiger partial charge in [-0.1, -0.05) is 30.3 Å². The lowest BCUT2D eigenvalue weighted by Crippen LogP contribution is -2.47.